The summed E-state index contributed by atoms with van der Waals surface area (Å²) in [5.74, 6) is 0. The Hall–Kier alpha value is -1.72. The van der Waals surface area contributed by atoms with Crippen molar-refractivity contribution in [3.63, 3.8) is 0 Å². The lowest BCUT2D eigenvalue weighted by molar-refractivity contribution is -0.384. The molecule has 98 valence electrons. The van der Waals surface area contributed by atoms with Crippen molar-refractivity contribution in [1.82, 2.24) is 0 Å². The van der Waals surface area contributed by atoms with Crippen LogP contribution in [0.3, 0.4) is 0 Å². The van der Waals surface area contributed by atoms with E-state index in [2.05, 4.69) is 17.9 Å². The van der Waals surface area contributed by atoms with Crippen molar-refractivity contribution < 1.29 is 4.92 Å². The minimum Gasteiger partial charge on any atom is -0.380 e. The van der Waals surface area contributed by atoms with Gasteiger partial charge in [0.05, 0.1) is 4.92 Å². The van der Waals surface area contributed by atoms with Gasteiger partial charge in [-0.25, -0.2) is 0 Å². The first-order chi connectivity index (χ1) is 9.06. The van der Waals surface area contributed by atoms with Crippen LogP contribution in [0.4, 0.5) is 11.4 Å². The van der Waals surface area contributed by atoms with E-state index in [4.69, 9.17) is 11.6 Å². The Balaban J connectivity index is 2.12. The number of halogens is 1. The number of anilines is 1. The van der Waals surface area contributed by atoms with Gasteiger partial charge in [-0.2, -0.15) is 0 Å². The zero-order valence-electron chi connectivity index (χ0n) is 9.84. The molecule has 0 fully saturated rings. The van der Waals surface area contributed by atoms with Crippen LogP contribution in [0.5, 0.6) is 0 Å². The smallest absolute Gasteiger partial charge is 0.269 e. The van der Waals surface area contributed by atoms with Crippen LogP contribution in [0.2, 0.25) is 5.02 Å². The average molecular weight is 295 g/mol. The van der Waals surface area contributed by atoms with E-state index in [1.807, 2.05) is 6.07 Å². The highest BCUT2D eigenvalue weighted by molar-refractivity contribution is 7.80. The maximum atomic E-state index is 10.7. The fourth-order valence-corrected chi connectivity index (χ4v) is 2.02. The second kappa shape index (κ2) is 5.95. The molecule has 6 heteroatoms. The van der Waals surface area contributed by atoms with Gasteiger partial charge >= 0.3 is 0 Å². The van der Waals surface area contributed by atoms with Gasteiger partial charge in [-0.05, 0) is 23.8 Å². The van der Waals surface area contributed by atoms with Gasteiger partial charge in [-0.3, -0.25) is 10.1 Å². The summed E-state index contributed by atoms with van der Waals surface area (Å²) >= 11 is 10.2. The molecule has 0 aromatic heterocycles. The second-order valence-corrected chi connectivity index (χ2v) is 4.86. The highest BCUT2D eigenvalue weighted by Gasteiger charge is 2.06. The third kappa shape index (κ3) is 3.62. The Morgan fingerprint density at radius 1 is 1.26 bits per heavy atom. The lowest BCUT2D eigenvalue weighted by atomic mass is 10.2. The number of nitro groups is 1. The summed E-state index contributed by atoms with van der Waals surface area (Å²) in [6.07, 6.45) is 0. The van der Waals surface area contributed by atoms with Gasteiger partial charge in [0.15, 0.2) is 0 Å². The summed E-state index contributed by atoms with van der Waals surface area (Å²) in [7, 11) is 0. The Morgan fingerprint density at radius 2 is 2.05 bits per heavy atom. The molecule has 0 saturated heterocycles. The number of nitrogens with zero attached hydrogens (tertiary/aromatic N) is 1. The van der Waals surface area contributed by atoms with Crippen molar-refractivity contribution in [2.45, 2.75) is 11.4 Å². The molecular weight excluding hydrogens is 284 g/mol. The first-order valence-corrected chi connectivity index (χ1v) is 6.34. The minimum absolute atomic E-state index is 0.0801. The van der Waals surface area contributed by atoms with Crippen molar-refractivity contribution in [3.8, 4) is 0 Å². The summed E-state index contributed by atoms with van der Waals surface area (Å²) in [5, 5.41) is 14.4. The molecule has 0 unspecified atom stereocenters. The lowest BCUT2D eigenvalue weighted by Gasteiger charge is -2.09. The fourth-order valence-electron chi connectivity index (χ4n) is 1.63. The normalized spacial score (nSPS) is 10.2. The molecule has 0 bridgehead atoms. The van der Waals surface area contributed by atoms with Gasteiger partial charge in [0, 0.05) is 34.3 Å². The van der Waals surface area contributed by atoms with Crippen LogP contribution in [0.25, 0.3) is 0 Å². The predicted octanol–water partition coefficient (Wildman–Crippen LogP) is 4.15. The molecule has 0 atom stereocenters. The summed E-state index contributed by atoms with van der Waals surface area (Å²) < 4.78 is 0. The molecular formula is C13H11ClN2O2S. The van der Waals surface area contributed by atoms with Gasteiger partial charge in [0.25, 0.3) is 5.69 Å². The fraction of sp³-hybridized carbons (Fsp3) is 0.0769. The van der Waals surface area contributed by atoms with Crippen LogP contribution < -0.4 is 5.32 Å². The molecule has 19 heavy (non-hydrogen) atoms. The first-order valence-electron chi connectivity index (χ1n) is 5.52. The third-order valence-corrected chi connectivity index (χ3v) is 3.19. The van der Waals surface area contributed by atoms with Crippen molar-refractivity contribution in [3.05, 3.63) is 63.2 Å². The molecule has 0 spiro atoms. The number of nitro benzene ring substituents is 1. The summed E-state index contributed by atoms with van der Waals surface area (Å²) in [4.78, 5) is 11.0. The van der Waals surface area contributed by atoms with Crippen molar-refractivity contribution >= 4 is 35.6 Å². The van der Waals surface area contributed by atoms with Gasteiger partial charge in [-0.1, -0.05) is 23.7 Å². The monoisotopic (exact) mass is 294 g/mol. The third-order valence-electron chi connectivity index (χ3n) is 2.56. The molecule has 4 nitrogen and oxygen atoms in total. The standard InChI is InChI=1S/C13H11ClN2O2S/c14-10-4-5-13(19)12(7-10)15-8-9-2-1-3-11(6-9)16(17)18/h1-7,15,19H,8H2. The Labute approximate surface area is 121 Å². The number of hydrogen-bond acceptors (Lipinski definition) is 4. The largest absolute Gasteiger partial charge is 0.380 e. The van der Waals surface area contributed by atoms with Gasteiger partial charge in [0.1, 0.15) is 0 Å². The molecule has 0 aliphatic rings. The van der Waals surface area contributed by atoms with E-state index in [0.717, 1.165) is 16.1 Å². The van der Waals surface area contributed by atoms with Crippen molar-refractivity contribution in [1.29, 1.82) is 0 Å². The molecule has 2 aromatic rings. The lowest BCUT2D eigenvalue weighted by Crippen LogP contribution is -2.01. The van der Waals surface area contributed by atoms with E-state index in [0.29, 0.717) is 11.6 Å². The van der Waals surface area contributed by atoms with E-state index >= 15 is 0 Å². The maximum absolute atomic E-state index is 10.7. The summed E-state index contributed by atoms with van der Waals surface area (Å²) in [6.45, 7) is 0.468. The van der Waals surface area contributed by atoms with E-state index in [9.17, 15) is 10.1 Å². The number of thiol groups is 1. The average Bonchev–Trinajstić information content (AvgIpc) is 2.40. The molecule has 0 aliphatic carbocycles. The van der Waals surface area contributed by atoms with Crippen molar-refractivity contribution in [2.24, 2.45) is 0 Å². The zero-order valence-corrected chi connectivity index (χ0v) is 11.5. The number of benzene rings is 2. The number of non-ortho nitro benzene ring substituents is 1. The highest BCUT2D eigenvalue weighted by atomic mass is 35.5. The van der Waals surface area contributed by atoms with Gasteiger partial charge < -0.3 is 5.32 Å². The Morgan fingerprint density at radius 3 is 2.79 bits per heavy atom. The quantitative estimate of drug-likeness (QED) is 0.506. The van der Waals surface area contributed by atoms with Crippen molar-refractivity contribution in [2.75, 3.05) is 5.32 Å². The molecule has 1 N–H and O–H groups in total. The minimum atomic E-state index is -0.410. The van der Waals surface area contributed by atoms with E-state index in [1.165, 1.54) is 12.1 Å². The maximum Gasteiger partial charge on any atom is 0.269 e. The van der Waals surface area contributed by atoms with E-state index in [-0.39, 0.29) is 5.69 Å². The molecule has 2 rings (SSSR count). The SMILES string of the molecule is O=[N+]([O-])c1cccc(CNc2cc(Cl)ccc2S)c1. The predicted molar refractivity (Wildman–Crippen MR) is 79.1 cm³/mol. The summed E-state index contributed by atoms with van der Waals surface area (Å²) in [5.41, 5.74) is 1.70. The Kier molecular flexibility index (Phi) is 4.29. The molecule has 0 aliphatic heterocycles. The molecule has 0 saturated carbocycles. The topological polar surface area (TPSA) is 55.2 Å². The molecule has 2 aromatic carbocycles. The highest BCUT2D eigenvalue weighted by Crippen LogP contribution is 2.24. The van der Waals surface area contributed by atoms with Gasteiger partial charge in [0.2, 0.25) is 0 Å². The number of rotatable bonds is 4. The van der Waals surface area contributed by atoms with E-state index < -0.39 is 4.92 Å². The van der Waals surface area contributed by atoms with Gasteiger partial charge in [-0.15, -0.1) is 12.6 Å². The molecule has 0 radical (unpaired) electrons. The second-order valence-electron chi connectivity index (χ2n) is 3.94. The Bertz CT molecular complexity index is 619. The zero-order chi connectivity index (χ0) is 13.8. The first kappa shape index (κ1) is 13.7. The van der Waals surface area contributed by atoms with Crippen LogP contribution in [0, 0.1) is 10.1 Å². The molecule has 0 amide bonds. The van der Waals surface area contributed by atoms with E-state index in [1.54, 1.807) is 24.3 Å². The number of nitrogens with one attached hydrogen (secondary N) is 1. The number of hydrogen-bond donors (Lipinski definition) is 2. The summed E-state index contributed by atoms with van der Waals surface area (Å²) in [6, 6.07) is 11.8. The van der Waals surface area contributed by atoms with Crippen LogP contribution in [0.15, 0.2) is 47.4 Å². The van der Waals surface area contributed by atoms with Crippen LogP contribution >= 0.6 is 24.2 Å². The van der Waals surface area contributed by atoms with Crippen LogP contribution in [-0.2, 0) is 6.54 Å². The van der Waals surface area contributed by atoms with Crippen LogP contribution in [0.1, 0.15) is 5.56 Å². The molecule has 0 heterocycles. The van der Waals surface area contributed by atoms with Crippen LogP contribution in [-0.4, -0.2) is 4.92 Å².